The van der Waals surface area contributed by atoms with Gasteiger partial charge in [-0.3, -0.25) is 0 Å². The average Bonchev–Trinajstić information content (AvgIpc) is 3.35. The lowest BCUT2D eigenvalue weighted by Gasteiger charge is -2.50. The van der Waals surface area contributed by atoms with E-state index in [1.807, 2.05) is 51.1 Å². The van der Waals surface area contributed by atoms with Crippen LogP contribution in [0.1, 0.15) is 87.1 Å². The van der Waals surface area contributed by atoms with Gasteiger partial charge in [0.1, 0.15) is 11.6 Å². The largest absolute Gasteiger partial charge is 0.475 e. The zero-order valence-corrected chi connectivity index (χ0v) is 27.9. The monoisotopic (exact) mass is 656 g/mol. The topological polar surface area (TPSA) is 59.6 Å². The van der Waals surface area contributed by atoms with Gasteiger partial charge in [-0.05, 0) is 85.8 Å². The summed E-state index contributed by atoms with van der Waals surface area (Å²) >= 11 is 19.1. The summed E-state index contributed by atoms with van der Waals surface area (Å²) in [5.41, 5.74) is 2.77. The molecule has 3 aromatic carbocycles. The van der Waals surface area contributed by atoms with Gasteiger partial charge in [-0.15, -0.1) is 0 Å². The van der Waals surface area contributed by atoms with E-state index in [1.54, 1.807) is 25.1 Å². The number of benzene rings is 3. The lowest BCUT2D eigenvalue weighted by molar-refractivity contribution is -0.163. The summed E-state index contributed by atoms with van der Waals surface area (Å²) in [5.74, 6) is -0.370. The van der Waals surface area contributed by atoms with E-state index in [9.17, 15) is 9.18 Å². The highest BCUT2D eigenvalue weighted by atomic mass is 35.5. The molecule has 5 rings (SSSR count). The van der Waals surface area contributed by atoms with Gasteiger partial charge in [-0.25, -0.2) is 9.18 Å². The van der Waals surface area contributed by atoms with Crippen LogP contribution < -0.4 is 15.4 Å². The van der Waals surface area contributed by atoms with Crippen molar-refractivity contribution in [2.75, 3.05) is 18.5 Å². The van der Waals surface area contributed by atoms with Crippen LogP contribution in [0.5, 0.6) is 5.75 Å². The number of hydrogen-bond donors (Lipinski definition) is 2. The van der Waals surface area contributed by atoms with Crippen molar-refractivity contribution in [2.24, 2.45) is 0 Å². The molecule has 44 heavy (non-hydrogen) atoms. The van der Waals surface area contributed by atoms with Crippen LogP contribution in [0.15, 0.2) is 54.6 Å². The molecule has 234 valence electrons. The SMILES string of the molecule is CCCC(CCC)(Oc1ccc(Cl)cc1C1CC(=S)NC(c2cc(F)ccc2C)C12CNc1cc(Cl)ccc12)C(=O)OCC. The zero-order valence-electron chi connectivity index (χ0n) is 25.6. The number of carbonyl (C=O) groups is 1. The fourth-order valence-electron chi connectivity index (χ4n) is 7.19. The summed E-state index contributed by atoms with van der Waals surface area (Å²) in [5, 5.41) is 8.35. The first kappa shape index (κ1) is 32.5. The molecule has 0 bridgehead atoms. The molecule has 0 amide bonds. The quantitative estimate of drug-likeness (QED) is 0.168. The van der Waals surface area contributed by atoms with Crippen LogP contribution in [0, 0.1) is 12.7 Å². The minimum Gasteiger partial charge on any atom is -0.475 e. The van der Waals surface area contributed by atoms with Gasteiger partial charge < -0.3 is 20.1 Å². The summed E-state index contributed by atoms with van der Waals surface area (Å²) in [7, 11) is 0. The Labute approximate surface area is 274 Å². The van der Waals surface area contributed by atoms with Crippen LogP contribution in [-0.4, -0.2) is 29.7 Å². The van der Waals surface area contributed by atoms with E-state index in [2.05, 4.69) is 10.6 Å². The molecule has 3 aromatic rings. The van der Waals surface area contributed by atoms with Crippen molar-refractivity contribution in [1.82, 2.24) is 5.32 Å². The molecular weight excluding hydrogens is 618 g/mol. The fourth-order valence-corrected chi connectivity index (χ4v) is 7.83. The number of fused-ring (bicyclic) bond motifs is 2. The van der Waals surface area contributed by atoms with Crippen molar-refractivity contribution in [2.45, 2.75) is 82.8 Å². The summed E-state index contributed by atoms with van der Waals surface area (Å²) in [4.78, 5) is 14.2. The van der Waals surface area contributed by atoms with Crippen LogP contribution in [0.4, 0.5) is 10.1 Å². The van der Waals surface area contributed by atoms with Crippen LogP contribution in [0.25, 0.3) is 0 Å². The van der Waals surface area contributed by atoms with E-state index in [1.165, 1.54) is 6.07 Å². The second-order valence-electron chi connectivity index (χ2n) is 11.8. The third-order valence-electron chi connectivity index (χ3n) is 9.05. The Balaban J connectivity index is 1.75. The molecule has 1 saturated heterocycles. The fraction of sp³-hybridized carbons (Fsp3) is 0.429. The van der Waals surface area contributed by atoms with Crippen molar-refractivity contribution in [3.63, 3.8) is 0 Å². The Morgan fingerprint density at radius 3 is 2.43 bits per heavy atom. The summed E-state index contributed by atoms with van der Waals surface area (Å²) in [6, 6.07) is 15.9. The smallest absolute Gasteiger partial charge is 0.350 e. The third kappa shape index (κ3) is 5.91. The first-order valence-electron chi connectivity index (χ1n) is 15.3. The molecule has 2 aliphatic rings. The molecule has 0 saturated carbocycles. The Morgan fingerprint density at radius 1 is 1.02 bits per heavy atom. The molecule has 5 nitrogen and oxygen atoms in total. The number of halogens is 3. The van der Waals surface area contributed by atoms with Gasteiger partial charge in [0.15, 0.2) is 0 Å². The van der Waals surface area contributed by atoms with E-state index >= 15 is 0 Å². The van der Waals surface area contributed by atoms with E-state index in [-0.39, 0.29) is 30.4 Å². The van der Waals surface area contributed by atoms with E-state index in [0.717, 1.165) is 40.8 Å². The Hall–Kier alpha value is -2.87. The van der Waals surface area contributed by atoms with Crippen molar-refractivity contribution in [3.8, 4) is 5.75 Å². The number of anilines is 1. The maximum atomic E-state index is 14.9. The molecule has 1 spiro atoms. The highest BCUT2D eigenvalue weighted by Gasteiger charge is 2.56. The van der Waals surface area contributed by atoms with Gasteiger partial charge in [0.2, 0.25) is 5.60 Å². The highest BCUT2D eigenvalue weighted by molar-refractivity contribution is 7.80. The van der Waals surface area contributed by atoms with Gasteiger partial charge in [0.25, 0.3) is 0 Å². The second-order valence-corrected chi connectivity index (χ2v) is 13.2. The first-order chi connectivity index (χ1) is 21.1. The lowest BCUT2D eigenvalue weighted by Crippen LogP contribution is -2.54. The van der Waals surface area contributed by atoms with Crippen LogP contribution >= 0.6 is 35.4 Å². The lowest BCUT2D eigenvalue weighted by atomic mass is 9.59. The summed E-state index contributed by atoms with van der Waals surface area (Å²) < 4.78 is 27.3. The molecule has 2 N–H and O–H groups in total. The third-order valence-corrected chi connectivity index (χ3v) is 9.80. The van der Waals surface area contributed by atoms with Gasteiger partial charge in [-0.2, -0.15) is 0 Å². The van der Waals surface area contributed by atoms with Gasteiger partial charge >= 0.3 is 5.97 Å². The zero-order chi connectivity index (χ0) is 31.6. The normalized spacial score (nSPS) is 21.0. The molecule has 3 unspecified atom stereocenters. The number of rotatable bonds is 10. The van der Waals surface area contributed by atoms with Gasteiger partial charge in [0.05, 0.1) is 17.6 Å². The average molecular weight is 658 g/mol. The maximum absolute atomic E-state index is 14.9. The van der Waals surface area contributed by atoms with Crippen LogP contribution in [-0.2, 0) is 14.9 Å². The maximum Gasteiger partial charge on any atom is 0.350 e. The molecule has 0 aliphatic carbocycles. The number of piperidine rings is 1. The van der Waals surface area contributed by atoms with Crippen molar-refractivity contribution >= 4 is 52.1 Å². The number of ether oxygens (including phenoxy) is 2. The molecular formula is C35H39Cl2FN2O3S. The molecule has 2 aliphatic heterocycles. The minimum atomic E-state index is -1.15. The van der Waals surface area contributed by atoms with E-state index in [0.29, 0.717) is 46.6 Å². The second kappa shape index (κ2) is 13.2. The number of thiocarbonyl (C=S) groups is 1. The van der Waals surface area contributed by atoms with Crippen LogP contribution in [0.3, 0.4) is 0 Å². The summed E-state index contributed by atoms with van der Waals surface area (Å²) in [6.45, 7) is 8.65. The predicted molar refractivity (Wildman–Crippen MR) is 180 cm³/mol. The highest BCUT2D eigenvalue weighted by Crippen LogP contribution is 2.59. The van der Waals surface area contributed by atoms with E-state index < -0.39 is 11.0 Å². The first-order valence-corrected chi connectivity index (χ1v) is 16.5. The summed E-state index contributed by atoms with van der Waals surface area (Å²) in [6.07, 6.45) is 2.98. The number of hydrogen-bond acceptors (Lipinski definition) is 5. The number of nitrogens with one attached hydrogen (secondary N) is 2. The molecule has 3 atom stereocenters. The minimum absolute atomic E-state index is 0.254. The van der Waals surface area contributed by atoms with E-state index in [4.69, 9.17) is 44.9 Å². The van der Waals surface area contributed by atoms with Crippen molar-refractivity contribution in [3.05, 3.63) is 92.7 Å². The van der Waals surface area contributed by atoms with Crippen molar-refractivity contribution < 1.29 is 18.7 Å². The standard InChI is InChI=1S/C35H39Cl2FN2O3S/c1-5-14-34(15-6-2,33(41)42-7-3)43-30-13-10-22(36)16-26(30)28-19-31(44)40-32(25-18-24(38)11-8-21(25)4)35(28)20-39-29-17-23(37)9-12-27(29)35/h8-13,16-18,28,32,39H,5-7,14-15,19-20H2,1-4H3,(H,40,44). The van der Waals surface area contributed by atoms with Crippen LogP contribution in [0.2, 0.25) is 10.0 Å². The number of carbonyl (C=O) groups excluding carboxylic acids is 1. The molecule has 9 heteroatoms. The molecule has 1 fully saturated rings. The van der Waals surface area contributed by atoms with Crippen molar-refractivity contribution in [1.29, 1.82) is 0 Å². The molecule has 0 radical (unpaired) electrons. The van der Waals surface area contributed by atoms with Gasteiger partial charge in [0, 0.05) is 45.6 Å². The molecule has 0 aromatic heterocycles. The molecule has 2 heterocycles. The predicted octanol–water partition coefficient (Wildman–Crippen LogP) is 9.23. The van der Waals surface area contributed by atoms with Gasteiger partial charge in [-0.1, -0.05) is 74.2 Å². The Kier molecular flexibility index (Phi) is 9.78. The number of aryl methyl sites for hydroxylation is 1. The Morgan fingerprint density at radius 2 is 1.73 bits per heavy atom. The Bertz CT molecular complexity index is 1560. The number of esters is 1.